The van der Waals surface area contributed by atoms with Crippen molar-refractivity contribution in [2.24, 2.45) is 0 Å². The Morgan fingerprint density at radius 2 is 2.18 bits per heavy atom. The maximum absolute atomic E-state index is 9.41. The van der Waals surface area contributed by atoms with Gasteiger partial charge in [0.25, 0.3) is 0 Å². The number of nitrogens with one attached hydrogen (secondary N) is 1. The highest BCUT2D eigenvalue weighted by atomic mass is 32.2. The van der Waals surface area contributed by atoms with Crippen LogP contribution in [0.1, 0.15) is 24.8 Å². The number of hydrogen-bond acceptors (Lipinski definition) is 3. The average molecular weight is 249 g/mol. The molecule has 1 fully saturated rings. The Hall–Kier alpha value is -0.510. The quantitative estimate of drug-likeness (QED) is 0.858. The topological polar surface area (TPSA) is 32.3 Å². The Bertz CT molecular complexity index is 372. The number of aliphatic hydroxyl groups is 1. The molecule has 1 aliphatic heterocycles. The van der Waals surface area contributed by atoms with Gasteiger partial charge in [-0.2, -0.15) is 0 Å². The molecule has 2 nitrogen and oxygen atoms in total. The summed E-state index contributed by atoms with van der Waals surface area (Å²) in [5, 5.41) is 13.6. The minimum atomic E-state index is 0.0509. The Labute approximate surface area is 107 Å². The summed E-state index contributed by atoms with van der Waals surface area (Å²) in [6, 6.07) is 8.68. The molecule has 1 aliphatic carbocycles. The summed E-state index contributed by atoms with van der Waals surface area (Å²) in [4.78, 5) is 1.44. The molecule has 2 aliphatic rings. The second-order valence-corrected chi connectivity index (χ2v) is 6.57. The van der Waals surface area contributed by atoms with Gasteiger partial charge in [-0.05, 0) is 37.3 Å². The molecule has 17 heavy (non-hydrogen) atoms. The van der Waals surface area contributed by atoms with E-state index < -0.39 is 0 Å². The van der Waals surface area contributed by atoms with Crippen LogP contribution in [0.25, 0.3) is 0 Å². The summed E-state index contributed by atoms with van der Waals surface area (Å²) in [5.41, 5.74) is 1.53. The number of hydrogen-bond donors (Lipinski definition) is 2. The Morgan fingerprint density at radius 1 is 1.35 bits per heavy atom. The number of benzene rings is 1. The van der Waals surface area contributed by atoms with Gasteiger partial charge in [-0.25, -0.2) is 0 Å². The highest BCUT2D eigenvalue weighted by Gasteiger charge is 2.36. The van der Waals surface area contributed by atoms with Gasteiger partial charge in [-0.15, -0.1) is 11.8 Å². The number of aliphatic hydroxyl groups excluding tert-OH is 1. The SMILES string of the molecule is OCC1(NCC2Cc3ccccc3S2)CCC1. The van der Waals surface area contributed by atoms with Gasteiger partial charge in [-0.1, -0.05) is 18.2 Å². The van der Waals surface area contributed by atoms with E-state index in [4.69, 9.17) is 0 Å². The minimum Gasteiger partial charge on any atom is -0.394 e. The molecule has 1 aromatic rings. The molecule has 92 valence electrons. The van der Waals surface area contributed by atoms with Crippen molar-refractivity contribution >= 4 is 11.8 Å². The van der Waals surface area contributed by atoms with Crippen LogP contribution in [0.15, 0.2) is 29.2 Å². The Morgan fingerprint density at radius 3 is 2.82 bits per heavy atom. The summed E-state index contributed by atoms with van der Waals surface area (Å²) in [5.74, 6) is 0. The normalized spacial score (nSPS) is 25.4. The predicted molar refractivity (Wildman–Crippen MR) is 71.5 cm³/mol. The zero-order valence-corrected chi connectivity index (χ0v) is 10.8. The number of thioether (sulfide) groups is 1. The fourth-order valence-corrected chi connectivity index (χ4v) is 3.94. The lowest BCUT2D eigenvalue weighted by atomic mass is 9.77. The van der Waals surface area contributed by atoms with E-state index in [9.17, 15) is 5.11 Å². The van der Waals surface area contributed by atoms with E-state index in [1.807, 2.05) is 11.8 Å². The smallest absolute Gasteiger partial charge is 0.0613 e. The van der Waals surface area contributed by atoms with Crippen molar-refractivity contribution in [1.29, 1.82) is 0 Å². The van der Waals surface area contributed by atoms with Gasteiger partial charge in [0.1, 0.15) is 0 Å². The molecule has 1 unspecified atom stereocenters. The van der Waals surface area contributed by atoms with Crippen molar-refractivity contribution in [3.05, 3.63) is 29.8 Å². The summed E-state index contributed by atoms with van der Waals surface area (Å²) >= 11 is 1.98. The van der Waals surface area contributed by atoms with Crippen molar-refractivity contribution in [2.45, 2.75) is 41.4 Å². The van der Waals surface area contributed by atoms with Crippen LogP contribution in [-0.4, -0.2) is 29.0 Å². The van der Waals surface area contributed by atoms with Crippen LogP contribution in [0.2, 0.25) is 0 Å². The lowest BCUT2D eigenvalue weighted by Crippen LogP contribution is -2.55. The van der Waals surface area contributed by atoms with Crippen LogP contribution in [0.3, 0.4) is 0 Å². The number of fused-ring (bicyclic) bond motifs is 1. The van der Waals surface area contributed by atoms with Crippen LogP contribution in [0.5, 0.6) is 0 Å². The van der Waals surface area contributed by atoms with Crippen molar-refractivity contribution in [2.75, 3.05) is 13.2 Å². The molecule has 0 amide bonds. The second-order valence-electron chi connectivity index (χ2n) is 5.22. The van der Waals surface area contributed by atoms with Gasteiger partial charge in [0.05, 0.1) is 6.61 Å². The van der Waals surface area contributed by atoms with Crippen LogP contribution in [0, 0.1) is 0 Å². The zero-order chi connectivity index (χ0) is 11.7. The summed E-state index contributed by atoms with van der Waals surface area (Å²) in [6.07, 6.45) is 4.68. The van der Waals surface area contributed by atoms with E-state index in [-0.39, 0.29) is 12.1 Å². The minimum absolute atomic E-state index is 0.0509. The van der Waals surface area contributed by atoms with Crippen LogP contribution in [0.4, 0.5) is 0 Å². The van der Waals surface area contributed by atoms with Gasteiger partial charge < -0.3 is 10.4 Å². The van der Waals surface area contributed by atoms with Gasteiger partial charge in [0.15, 0.2) is 0 Å². The molecule has 0 aromatic heterocycles. The monoisotopic (exact) mass is 249 g/mol. The van der Waals surface area contributed by atoms with Crippen LogP contribution in [-0.2, 0) is 6.42 Å². The molecule has 3 heteroatoms. The molecule has 0 saturated heterocycles. The molecule has 0 radical (unpaired) electrons. The molecule has 0 spiro atoms. The second kappa shape index (κ2) is 4.63. The first kappa shape index (κ1) is 11.6. The fourth-order valence-electron chi connectivity index (χ4n) is 2.69. The maximum atomic E-state index is 9.41. The van der Waals surface area contributed by atoms with Crippen molar-refractivity contribution in [3.8, 4) is 0 Å². The first-order chi connectivity index (χ1) is 8.31. The van der Waals surface area contributed by atoms with E-state index in [2.05, 4.69) is 29.6 Å². The highest BCUT2D eigenvalue weighted by molar-refractivity contribution is 8.00. The Balaban J connectivity index is 1.55. The standard InChI is InChI=1S/C14H19NOS/c16-10-14(6-3-7-14)15-9-12-8-11-4-1-2-5-13(11)17-12/h1-2,4-5,12,15-16H,3,6-10H2. The number of rotatable bonds is 4. The summed E-state index contributed by atoms with van der Waals surface area (Å²) < 4.78 is 0. The van der Waals surface area contributed by atoms with Crippen molar-refractivity contribution in [3.63, 3.8) is 0 Å². The molecule has 1 saturated carbocycles. The molecule has 1 atom stereocenters. The summed E-state index contributed by atoms with van der Waals surface area (Å²) in [7, 11) is 0. The first-order valence-electron chi connectivity index (χ1n) is 6.42. The van der Waals surface area contributed by atoms with Crippen molar-refractivity contribution < 1.29 is 5.11 Å². The molecular weight excluding hydrogens is 230 g/mol. The molecular formula is C14H19NOS. The Kier molecular flexibility index (Phi) is 3.16. The van der Waals surface area contributed by atoms with Gasteiger partial charge >= 0.3 is 0 Å². The van der Waals surface area contributed by atoms with E-state index >= 15 is 0 Å². The third kappa shape index (κ3) is 2.24. The zero-order valence-electron chi connectivity index (χ0n) is 9.98. The highest BCUT2D eigenvalue weighted by Crippen LogP contribution is 2.37. The predicted octanol–water partition coefficient (Wildman–Crippen LogP) is 2.21. The third-order valence-electron chi connectivity index (χ3n) is 4.03. The largest absolute Gasteiger partial charge is 0.394 e. The lowest BCUT2D eigenvalue weighted by molar-refractivity contribution is 0.0894. The molecule has 0 bridgehead atoms. The maximum Gasteiger partial charge on any atom is 0.0613 e. The first-order valence-corrected chi connectivity index (χ1v) is 7.30. The van der Waals surface area contributed by atoms with Gasteiger partial charge in [0, 0.05) is 22.2 Å². The van der Waals surface area contributed by atoms with Gasteiger partial charge in [-0.3, -0.25) is 0 Å². The van der Waals surface area contributed by atoms with E-state index in [0.29, 0.717) is 5.25 Å². The van der Waals surface area contributed by atoms with Gasteiger partial charge in [0.2, 0.25) is 0 Å². The molecule has 1 aromatic carbocycles. The van der Waals surface area contributed by atoms with E-state index in [1.54, 1.807) is 0 Å². The lowest BCUT2D eigenvalue weighted by Gasteiger charge is -2.41. The third-order valence-corrected chi connectivity index (χ3v) is 5.35. The average Bonchev–Trinajstić information content (AvgIpc) is 2.71. The molecule has 2 N–H and O–H groups in total. The van der Waals surface area contributed by atoms with Crippen LogP contribution >= 0.6 is 11.8 Å². The fraction of sp³-hybridized carbons (Fsp3) is 0.571. The van der Waals surface area contributed by atoms with Crippen LogP contribution < -0.4 is 5.32 Å². The van der Waals surface area contributed by atoms with E-state index in [0.717, 1.165) is 25.8 Å². The van der Waals surface area contributed by atoms with Crippen molar-refractivity contribution in [1.82, 2.24) is 5.32 Å². The summed E-state index contributed by atoms with van der Waals surface area (Å²) in [6.45, 7) is 1.30. The molecule has 3 rings (SSSR count). The van der Waals surface area contributed by atoms with E-state index in [1.165, 1.54) is 16.9 Å². The molecule has 1 heterocycles.